The van der Waals surface area contributed by atoms with Gasteiger partial charge in [0.15, 0.2) is 0 Å². The van der Waals surface area contributed by atoms with Crippen LogP contribution in [0.2, 0.25) is 0 Å². The standard InChI is InChI=1S/C17H19N5O/c1-11-9-10-18-16-20-14(21-22(11)16)15(23)19-13-8-6-5-7-12(13)17(2,3)4/h5-10H,1-4H3,(H,19,23). The number of aromatic nitrogens is 4. The molecule has 2 heterocycles. The molecule has 23 heavy (non-hydrogen) atoms. The van der Waals surface area contributed by atoms with E-state index in [0.717, 1.165) is 16.9 Å². The van der Waals surface area contributed by atoms with Gasteiger partial charge in [-0.1, -0.05) is 39.0 Å². The van der Waals surface area contributed by atoms with Gasteiger partial charge in [-0.3, -0.25) is 4.79 Å². The van der Waals surface area contributed by atoms with Crippen LogP contribution in [0, 0.1) is 6.92 Å². The third-order valence-electron chi connectivity index (χ3n) is 3.62. The Labute approximate surface area is 134 Å². The van der Waals surface area contributed by atoms with Gasteiger partial charge in [-0.2, -0.15) is 4.98 Å². The molecule has 6 nitrogen and oxygen atoms in total. The normalized spacial score (nSPS) is 11.7. The van der Waals surface area contributed by atoms with Gasteiger partial charge in [0, 0.05) is 17.6 Å². The maximum absolute atomic E-state index is 12.5. The second-order valence-electron chi connectivity index (χ2n) is 6.48. The van der Waals surface area contributed by atoms with E-state index >= 15 is 0 Å². The van der Waals surface area contributed by atoms with Crippen molar-refractivity contribution in [1.82, 2.24) is 19.6 Å². The number of hydrogen-bond acceptors (Lipinski definition) is 4. The molecule has 0 aliphatic heterocycles. The predicted octanol–water partition coefficient (Wildman–Crippen LogP) is 2.98. The summed E-state index contributed by atoms with van der Waals surface area (Å²) in [6.07, 6.45) is 1.65. The zero-order valence-electron chi connectivity index (χ0n) is 13.7. The molecule has 1 N–H and O–H groups in total. The molecule has 3 aromatic rings. The molecule has 0 bridgehead atoms. The lowest BCUT2D eigenvalue weighted by Gasteiger charge is -2.22. The van der Waals surface area contributed by atoms with Gasteiger partial charge in [-0.25, -0.2) is 9.50 Å². The van der Waals surface area contributed by atoms with E-state index in [0.29, 0.717) is 5.78 Å². The average Bonchev–Trinajstić information content (AvgIpc) is 2.92. The summed E-state index contributed by atoms with van der Waals surface area (Å²) in [7, 11) is 0. The number of aryl methyl sites for hydroxylation is 1. The highest BCUT2D eigenvalue weighted by molar-refractivity contribution is 6.02. The molecular weight excluding hydrogens is 290 g/mol. The van der Waals surface area contributed by atoms with Crippen molar-refractivity contribution in [2.75, 3.05) is 5.32 Å². The van der Waals surface area contributed by atoms with E-state index in [4.69, 9.17) is 0 Å². The molecular formula is C17H19N5O. The first-order valence-electron chi connectivity index (χ1n) is 7.45. The van der Waals surface area contributed by atoms with Crippen LogP contribution in [0.1, 0.15) is 42.6 Å². The number of fused-ring (bicyclic) bond motifs is 1. The first-order chi connectivity index (χ1) is 10.9. The van der Waals surface area contributed by atoms with E-state index in [9.17, 15) is 4.79 Å². The smallest absolute Gasteiger partial charge is 0.295 e. The Bertz CT molecular complexity index is 876. The van der Waals surface area contributed by atoms with E-state index in [1.165, 1.54) is 0 Å². The molecule has 1 aromatic carbocycles. The maximum Gasteiger partial charge on any atom is 0.295 e. The molecule has 118 valence electrons. The number of hydrogen-bond donors (Lipinski definition) is 1. The predicted molar refractivity (Wildman–Crippen MR) is 88.6 cm³/mol. The van der Waals surface area contributed by atoms with Gasteiger partial charge in [-0.15, -0.1) is 5.10 Å². The molecule has 0 fully saturated rings. The van der Waals surface area contributed by atoms with Crippen LogP contribution in [0.5, 0.6) is 0 Å². The number of rotatable bonds is 2. The zero-order chi connectivity index (χ0) is 16.6. The fourth-order valence-corrected chi connectivity index (χ4v) is 2.43. The van der Waals surface area contributed by atoms with E-state index in [2.05, 4.69) is 41.2 Å². The van der Waals surface area contributed by atoms with Gasteiger partial charge >= 0.3 is 0 Å². The second kappa shape index (κ2) is 5.46. The van der Waals surface area contributed by atoms with Crippen molar-refractivity contribution in [3.63, 3.8) is 0 Å². The SMILES string of the molecule is Cc1ccnc2nc(C(=O)Nc3ccccc3C(C)(C)C)nn12. The highest BCUT2D eigenvalue weighted by Gasteiger charge is 2.20. The third-order valence-corrected chi connectivity index (χ3v) is 3.62. The van der Waals surface area contributed by atoms with E-state index in [-0.39, 0.29) is 17.1 Å². The molecule has 2 aromatic heterocycles. The van der Waals surface area contributed by atoms with Crippen LogP contribution in [-0.2, 0) is 5.41 Å². The summed E-state index contributed by atoms with van der Waals surface area (Å²) >= 11 is 0. The summed E-state index contributed by atoms with van der Waals surface area (Å²) in [5.41, 5.74) is 2.63. The van der Waals surface area contributed by atoms with E-state index < -0.39 is 0 Å². The van der Waals surface area contributed by atoms with Gasteiger partial charge < -0.3 is 5.32 Å². The van der Waals surface area contributed by atoms with Crippen molar-refractivity contribution in [3.8, 4) is 0 Å². The quantitative estimate of drug-likeness (QED) is 0.790. The maximum atomic E-state index is 12.5. The van der Waals surface area contributed by atoms with Crippen molar-refractivity contribution in [2.45, 2.75) is 33.1 Å². The summed E-state index contributed by atoms with van der Waals surface area (Å²) in [5.74, 6) is 0.182. The number of para-hydroxylation sites is 1. The number of carbonyl (C=O) groups is 1. The monoisotopic (exact) mass is 309 g/mol. The fraction of sp³-hybridized carbons (Fsp3) is 0.294. The Kier molecular flexibility index (Phi) is 3.60. The Hall–Kier alpha value is -2.76. The molecule has 0 unspecified atom stereocenters. The minimum Gasteiger partial charge on any atom is -0.319 e. The summed E-state index contributed by atoms with van der Waals surface area (Å²) in [5, 5.41) is 7.14. The lowest BCUT2D eigenvalue weighted by Crippen LogP contribution is -2.19. The average molecular weight is 309 g/mol. The molecule has 0 spiro atoms. The van der Waals surface area contributed by atoms with E-state index in [1.807, 2.05) is 37.3 Å². The van der Waals surface area contributed by atoms with Crippen LogP contribution >= 0.6 is 0 Å². The Morgan fingerprint density at radius 2 is 1.91 bits per heavy atom. The van der Waals surface area contributed by atoms with E-state index in [1.54, 1.807) is 10.7 Å². The Morgan fingerprint density at radius 3 is 2.61 bits per heavy atom. The van der Waals surface area contributed by atoms with Crippen LogP contribution in [0.4, 0.5) is 5.69 Å². The Balaban J connectivity index is 1.94. The molecule has 0 atom stereocenters. The second-order valence-corrected chi connectivity index (χ2v) is 6.48. The van der Waals surface area contributed by atoms with Crippen LogP contribution in [0.15, 0.2) is 36.5 Å². The van der Waals surface area contributed by atoms with Crippen LogP contribution in [0.3, 0.4) is 0 Å². The molecule has 0 saturated carbocycles. The Morgan fingerprint density at radius 1 is 1.17 bits per heavy atom. The van der Waals surface area contributed by atoms with Gasteiger partial charge in [0.25, 0.3) is 11.7 Å². The van der Waals surface area contributed by atoms with Crippen molar-refractivity contribution in [3.05, 3.63) is 53.6 Å². The van der Waals surface area contributed by atoms with Gasteiger partial charge in [0.1, 0.15) is 0 Å². The molecule has 0 aliphatic rings. The van der Waals surface area contributed by atoms with Crippen LogP contribution in [-0.4, -0.2) is 25.5 Å². The van der Waals surface area contributed by atoms with Gasteiger partial charge in [-0.05, 0) is 30.0 Å². The molecule has 0 aliphatic carbocycles. The lowest BCUT2D eigenvalue weighted by atomic mass is 9.86. The largest absolute Gasteiger partial charge is 0.319 e. The molecule has 1 amide bonds. The first-order valence-corrected chi connectivity index (χ1v) is 7.45. The highest BCUT2D eigenvalue weighted by atomic mass is 16.2. The van der Waals surface area contributed by atoms with Crippen molar-refractivity contribution < 1.29 is 4.79 Å². The topological polar surface area (TPSA) is 72.2 Å². The minimum absolute atomic E-state index is 0.0750. The van der Waals surface area contributed by atoms with Crippen molar-refractivity contribution in [1.29, 1.82) is 0 Å². The summed E-state index contributed by atoms with van der Waals surface area (Å²) in [4.78, 5) is 20.8. The lowest BCUT2D eigenvalue weighted by molar-refractivity contribution is 0.101. The molecule has 0 saturated heterocycles. The number of carbonyl (C=O) groups excluding carboxylic acids is 1. The molecule has 6 heteroatoms. The zero-order valence-corrected chi connectivity index (χ0v) is 13.7. The molecule has 0 radical (unpaired) electrons. The van der Waals surface area contributed by atoms with Crippen molar-refractivity contribution in [2.24, 2.45) is 0 Å². The number of anilines is 1. The number of amides is 1. The summed E-state index contributed by atoms with van der Waals surface area (Å²) in [6, 6.07) is 9.58. The van der Waals surface area contributed by atoms with Gasteiger partial charge in [0.05, 0.1) is 0 Å². The first kappa shape index (κ1) is 15.1. The highest BCUT2D eigenvalue weighted by Crippen LogP contribution is 2.29. The van der Waals surface area contributed by atoms with Crippen molar-refractivity contribution >= 4 is 17.4 Å². The minimum atomic E-state index is -0.341. The summed E-state index contributed by atoms with van der Waals surface area (Å²) < 4.78 is 1.56. The molecule has 3 rings (SSSR count). The number of benzene rings is 1. The van der Waals surface area contributed by atoms with Crippen LogP contribution < -0.4 is 5.32 Å². The fourth-order valence-electron chi connectivity index (χ4n) is 2.43. The third kappa shape index (κ3) is 2.92. The van der Waals surface area contributed by atoms with Crippen LogP contribution in [0.25, 0.3) is 5.78 Å². The number of nitrogens with zero attached hydrogens (tertiary/aromatic N) is 4. The van der Waals surface area contributed by atoms with Gasteiger partial charge in [0.2, 0.25) is 5.82 Å². The number of nitrogens with one attached hydrogen (secondary N) is 1. The summed E-state index contributed by atoms with van der Waals surface area (Å²) in [6.45, 7) is 8.21.